The number of fused-ring (bicyclic) bond motifs is 1. The fraction of sp³-hybridized carbons (Fsp3) is 0.0500. The van der Waals surface area contributed by atoms with Gasteiger partial charge in [-0.05, 0) is 36.4 Å². The van der Waals surface area contributed by atoms with Crippen LogP contribution in [0.5, 0.6) is 0 Å². The first-order valence-electron chi connectivity index (χ1n) is 8.24. The molecule has 1 aliphatic rings. The summed E-state index contributed by atoms with van der Waals surface area (Å²) < 4.78 is 46.6. The summed E-state index contributed by atoms with van der Waals surface area (Å²) in [6.45, 7) is 0. The lowest BCUT2D eigenvalue weighted by molar-refractivity contribution is -0.114. The zero-order valence-corrected chi connectivity index (χ0v) is 16.0. The Morgan fingerprint density at radius 1 is 1.07 bits per heavy atom. The van der Waals surface area contributed by atoms with Gasteiger partial charge >= 0.3 is 6.18 Å². The van der Waals surface area contributed by atoms with Crippen LogP contribution in [0, 0.1) is 0 Å². The van der Waals surface area contributed by atoms with Crippen molar-refractivity contribution < 1.29 is 22.4 Å². The van der Waals surface area contributed by atoms with E-state index in [0.29, 0.717) is 9.48 Å². The van der Waals surface area contributed by atoms with Crippen molar-refractivity contribution in [2.24, 2.45) is 5.10 Å². The van der Waals surface area contributed by atoms with Gasteiger partial charge in [0.05, 0.1) is 22.2 Å². The maximum absolute atomic E-state index is 13.5. The summed E-state index contributed by atoms with van der Waals surface area (Å²) in [6, 6.07) is 12.4. The second-order valence-electron chi connectivity index (χ2n) is 6.12. The summed E-state index contributed by atoms with van der Waals surface area (Å²) in [5.74, 6) is -0.987. The number of halogens is 4. The molecule has 1 aromatic heterocycles. The van der Waals surface area contributed by atoms with Crippen LogP contribution in [-0.2, 0) is 4.79 Å². The molecule has 146 valence electrons. The third-order valence-electron chi connectivity index (χ3n) is 4.21. The molecule has 0 fully saturated rings. The van der Waals surface area contributed by atoms with E-state index >= 15 is 0 Å². The summed E-state index contributed by atoms with van der Waals surface area (Å²) in [4.78, 5) is 25.4. The number of anilines is 1. The predicted octanol–water partition coefficient (Wildman–Crippen LogP) is 4.90. The number of rotatable bonds is 2. The second kappa shape index (κ2) is 7.00. The van der Waals surface area contributed by atoms with Crippen LogP contribution in [0.2, 0.25) is 0 Å². The molecule has 2 heterocycles. The van der Waals surface area contributed by atoms with E-state index in [4.69, 9.17) is 4.42 Å². The molecule has 3 aromatic rings. The number of alkyl halides is 3. The first-order valence-corrected chi connectivity index (χ1v) is 9.03. The zero-order chi connectivity index (χ0) is 20.8. The molecule has 9 heteroatoms. The van der Waals surface area contributed by atoms with Crippen molar-refractivity contribution in [3.05, 3.63) is 80.6 Å². The average molecular weight is 463 g/mol. The highest BCUT2D eigenvalue weighted by atomic mass is 79.9. The first kappa shape index (κ1) is 19.1. The molecule has 1 amide bonds. The minimum Gasteiger partial charge on any atom is -0.463 e. The average Bonchev–Trinajstić information content (AvgIpc) is 3.01. The summed E-state index contributed by atoms with van der Waals surface area (Å²) in [7, 11) is 0. The van der Waals surface area contributed by atoms with Crippen LogP contribution in [0.3, 0.4) is 0 Å². The second-order valence-corrected chi connectivity index (χ2v) is 7.03. The highest BCUT2D eigenvalue weighted by Gasteiger charge is 2.46. The van der Waals surface area contributed by atoms with Crippen LogP contribution in [0.15, 0.2) is 79.2 Å². The number of para-hydroxylation sites is 1. The lowest BCUT2D eigenvalue weighted by Crippen LogP contribution is -2.25. The molecule has 0 N–H and O–H groups in total. The third kappa shape index (κ3) is 3.49. The molecule has 0 saturated carbocycles. The summed E-state index contributed by atoms with van der Waals surface area (Å²) >= 11 is 3.25. The van der Waals surface area contributed by atoms with Crippen molar-refractivity contribution in [3.63, 3.8) is 0 Å². The van der Waals surface area contributed by atoms with Gasteiger partial charge < -0.3 is 4.42 Å². The molecular weight excluding hydrogens is 453 g/mol. The van der Waals surface area contributed by atoms with E-state index in [-0.39, 0.29) is 22.2 Å². The molecule has 29 heavy (non-hydrogen) atoms. The van der Waals surface area contributed by atoms with Gasteiger partial charge in [-0.25, -0.2) is 0 Å². The normalized spacial score (nSPS) is 16.0. The minimum absolute atomic E-state index is 0.179. The van der Waals surface area contributed by atoms with Gasteiger partial charge in [0, 0.05) is 4.47 Å². The van der Waals surface area contributed by atoms with E-state index in [1.165, 1.54) is 18.2 Å². The summed E-state index contributed by atoms with van der Waals surface area (Å²) in [5, 5.41) is 4.30. The molecule has 2 aromatic carbocycles. The number of benzene rings is 2. The molecule has 4 rings (SSSR count). The molecular formula is C20H10BrF3N2O3. The molecule has 0 unspecified atom stereocenters. The molecule has 0 spiro atoms. The third-order valence-corrected chi connectivity index (χ3v) is 4.70. The van der Waals surface area contributed by atoms with E-state index in [9.17, 15) is 22.8 Å². The van der Waals surface area contributed by atoms with Gasteiger partial charge in [-0.15, -0.1) is 0 Å². The lowest BCUT2D eigenvalue weighted by atomic mass is 10.1. The number of hydrogen-bond donors (Lipinski definition) is 0. The van der Waals surface area contributed by atoms with Crippen molar-refractivity contribution >= 4 is 50.3 Å². The number of hydrazone groups is 1. The molecule has 0 saturated heterocycles. The van der Waals surface area contributed by atoms with Crippen molar-refractivity contribution in [2.45, 2.75) is 6.18 Å². The van der Waals surface area contributed by atoms with Gasteiger partial charge in [0.1, 0.15) is 11.8 Å². The predicted molar refractivity (Wildman–Crippen MR) is 106 cm³/mol. The van der Waals surface area contributed by atoms with Crippen LogP contribution < -0.4 is 10.4 Å². The van der Waals surface area contributed by atoms with E-state index in [0.717, 1.165) is 12.3 Å². The summed E-state index contributed by atoms with van der Waals surface area (Å²) in [5.41, 5.74) is -2.40. The van der Waals surface area contributed by atoms with Gasteiger partial charge in [-0.3, -0.25) is 9.59 Å². The quantitative estimate of drug-likeness (QED) is 0.508. The van der Waals surface area contributed by atoms with E-state index in [1.54, 1.807) is 30.3 Å². The molecule has 0 aliphatic carbocycles. The molecule has 5 nitrogen and oxygen atoms in total. The largest absolute Gasteiger partial charge is 0.463 e. The number of hydrogen-bond acceptors (Lipinski definition) is 4. The Morgan fingerprint density at radius 2 is 1.79 bits per heavy atom. The van der Waals surface area contributed by atoms with Crippen molar-refractivity contribution in [1.29, 1.82) is 0 Å². The fourth-order valence-electron chi connectivity index (χ4n) is 2.87. The number of amides is 1. The van der Waals surface area contributed by atoms with Crippen LogP contribution in [0.1, 0.15) is 5.56 Å². The number of nitrogens with zero attached hydrogens (tertiary/aromatic N) is 2. The molecule has 1 aliphatic heterocycles. The highest BCUT2D eigenvalue weighted by Crippen LogP contribution is 2.32. The Morgan fingerprint density at radius 3 is 2.48 bits per heavy atom. The maximum Gasteiger partial charge on any atom is 0.435 e. The highest BCUT2D eigenvalue weighted by molar-refractivity contribution is 9.10. The van der Waals surface area contributed by atoms with Gasteiger partial charge in [0.15, 0.2) is 11.1 Å². The maximum atomic E-state index is 13.5. The van der Waals surface area contributed by atoms with Gasteiger partial charge in [0.25, 0.3) is 5.91 Å². The van der Waals surface area contributed by atoms with Gasteiger partial charge in [-0.1, -0.05) is 34.1 Å². The fourth-order valence-corrected chi connectivity index (χ4v) is 3.21. The van der Waals surface area contributed by atoms with E-state index < -0.39 is 28.8 Å². The molecule has 0 atom stereocenters. The monoisotopic (exact) mass is 462 g/mol. The number of carbonyl (C=O) groups excluding carboxylic acids is 1. The Balaban J connectivity index is 1.86. The van der Waals surface area contributed by atoms with Crippen LogP contribution >= 0.6 is 15.9 Å². The van der Waals surface area contributed by atoms with Crippen LogP contribution in [0.4, 0.5) is 18.9 Å². The van der Waals surface area contributed by atoms with Crippen molar-refractivity contribution in [2.75, 3.05) is 5.01 Å². The van der Waals surface area contributed by atoms with Crippen molar-refractivity contribution in [3.8, 4) is 0 Å². The molecule has 0 bridgehead atoms. The molecule has 0 radical (unpaired) electrons. The lowest BCUT2D eigenvalue weighted by Gasteiger charge is -2.10. The smallest absolute Gasteiger partial charge is 0.435 e. The van der Waals surface area contributed by atoms with E-state index in [2.05, 4.69) is 21.0 Å². The van der Waals surface area contributed by atoms with Crippen LogP contribution in [0.25, 0.3) is 17.0 Å². The van der Waals surface area contributed by atoms with Gasteiger partial charge in [0.2, 0.25) is 0 Å². The SMILES string of the molecule is O=C1/C(=C\c2coc3cc(Br)ccc3c2=O)C(C(F)(F)F)=NN1c1ccccc1. The van der Waals surface area contributed by atoms with Crippen LogP contribution in [-0.4, -0.2) is 17.8 Å². The summed E-state index contributed by atoms with van der Waals surface area (Å²) in [6.07, 6.45) is -2.99. The van der Waals surface area contributed by atoms with Crippen molar-refractivity contribution in [1.82, 2.24) is 0 Å². The Kier molecular flexibility index (Phi) is 4.62. The Hall–Kier alpha value is -3.20. The topological polar surface area (TPSA) is 62.9 Å². The van der Waals surface area contributed by atoms with E-state index in [1.807, 2.05) is 0 Å². The van der Waals surface area contributed by atoms with Gasteiger partial charge in [-0.2, -0.15) is 23.3 Å². The Bertz CT molecular complexity index is 1250. The zero-order valence-electron chi connectivity index (χ0n) is 14.4. The minimum atomic E-state index is -4.88. The first-order chi connectivity index (χ1) is 13.8. The Labute approximate surface area is 169 Å². The standard InChI is InChI=1S/C20H10BrF3N2O3/c21-12-6-7-14-16(9-12)29-10-11(17(14)27)8-15-18(20(22,23)24)25-26(19(15)28)13-4-2-1-3-5-13/h1-10H/b15-8-. The number of carbonyl (C=O) groups is 1.